The van der Waals surface area contributed by atoms with E-state index in [0.29, 0.717) is 6.54 Å². The van der Waals surface area contributed by atoms with Gasteiger partial charge in [-0.1, -0.05) is 23.7 Å². The summed E-state index contributed by atoms with van der Waals surface area (Å²) in [5.41, 5.74) is -0.772. The molecule has 0 aromatic heterocycles. The monoisotopic (exact) mass is 429 g/mol. The summed E-state index contributed by atoms with van der Waals surface area (Å²) in [6, 6.07) is 3.21. The van der Waals surface area contributed by atoms with Gasteiger partial charge in [-0.05, 0) is 37.9 Å². The van der Waals surface area contributed by atoms with Gasteiger partial charge in [0.1, 0.15) is 5.84 Å². The van der Waals surface area contributed by atoms with Crippen LogP contribution in [-0.2, 0) is 17.5 Å². The Morgan fingerprint density at radius 2 is 2.10 bits per heavy atom. The number of halogens is 4. The molecular formula is C19H23ClF3N5O. The molecule has 0 aliphatic carbocycles. The average molecular weight is 430 g/mol. The van der Waals surface area contributed by atoms with Crippen molar-refractivity contribution in [1.82, 2.24) is 15.1 Å². The van der Waals surface area contributed by atoms with Gasteiger partial charge < -0.3 is 15.1 Å². The Kier molecular flexibility index (Phi) is 6.19. The lowest BCUT2D eigenvalue weighted by Crippen LogP contribution is -2.61. The van der Waals surface area contributed by atoms with Crippen molar-refractivity contribution in [3.8, 4) is 0 Å². The zero-order valence-corrected chi connectivity index (χ0v) is 16.7. The van der Waals surface area contributed by atoms with Gasteiger partial charge in [-0.15, -0.1) is 0 Å². The third-order valence-electron chi connectivity index (χ3n) is 5.41. The number of piperidine rings is 1. The Morgan fingerprint density at radius 1 is 1.38 bits per heavy atom. The molecule has 1 aromatic carbocycles. The number of carbonyl (C=O) groups excluding carboxylic acids is 1. The minimum Gasteiger partial charge on any atom is -0.327 e. The van der Waals surface area contributed by atoms with Crippen molar-refractivity contribution in [2.75, 3.05) is 19.6 Å². The molecule has 29 heavy (non-hydrogen) atoms. The molecule has 0 saturated carbocycles. The molecule has 3 rings (SSSR count). The van der Waals surface area contributed by atoms with Crippen LogP contribution in [0.25, 0.3) is 0 Å². The highest BCUT2D eigenvalue weighted by Gasteiger charge is 2.39. The molecule has 6 nitrogen and oxygen atoms in total. The Hall–Kier alpha value is -2.13. The number of rotatable bonds is 3. The third kappa shape index (κ3) is 4.40. The van der Waals surface area contributed by atoms with Crippen molar-refractivity contribution < 1.29 is 18.0 Å². The van der Waals surface area contributed by atoms with E-state index in [4.69, 9.17) is 22.4 Å². The molecule has 2 aliphatic rings. The Morgan fingerprint density at radius 3 is 2.72 bits per heavy atom. The van der Waals surface area contributed by atoms with Crippen molar-refractivity contribution in [3.05, 3.63) is 34.3 Å². The molecule has 0 spiro atoms. The summed E-state index contributed by atoms with van der Waals surface area (Å²) >= 11 is 5.96. The van der Waals surface area contributed by atoms with Crippen molar-refractivity contribution in [3.63, 3.8) is 0 Å². The molecule has 1 amide bonds. The molecule has 10 heteroatoms. The lowest BCUT2D eigenvalue weighted by Gasteiger charge is -2.42. The van der Waals surface area contributed by atoms with Crippen LogP contribution in [0.4, 0.5) is 13.2 Å². The first-order chi connectivity index (χ1) is 13.6. The van der Waals surface area contributed by atoms with E-state index in [-0.39, 0.29) is 42.3 Å². The molecule has 0 radical (unpaired) electrons. The van der Waals surface area contributed by atoms with E-state index < -0.39 is 22.7 Å². The summed E-state index contributed by atoms with van der Waals surface area (Å²) in [5, 5.41) is 19.5. The number of hydrogen-bond acceptors (Lipinski definition) is 4. The minimum absolute atomic E-state index is 0.0615. The van der Waals surface area contributed by atoms with E-state index in [2.05, 4.69) is 5.32 Å². The number of amides is 1. The predicted octanol–water partition coefficient (Wildman–Crippen LogP) is 3.35. The Balaban J connectivity index is 1.77. The third-order valence-corrected chi connectivity index (χ3v) is 5.86. The van der Waals surface area contributed by atoms with Crippen molar-refractivity contribution in [1.29, 1.82) is 10.8 Å². The first-order valence-corrected chi connectivity index (χ1v) is 9.79. The maximum absolute atomic E-state index is 13.1. The number of hydrogen-bond donors (Lipinski definition) is 3. The topological polar surface area (TPSA) is 83.3 Å². The first kappa shape index (κ1) is 21.6. The smallest absolute Gasteiger partial charge is 0.327 e. The van der Waals surface area contributed by atoms with Crippen LogP contribution in [0.2, 0.25) is 5.02 Å². The van der Waals surface area contributed by atoms with Crippen LogP contribution in [0.15, 0.2) is 18.2 Å². The quantitative estimate of drug-likeness (QED) is 0.509. The zero-order valence-electron chi connectivity index (χ0n) is 15.9. The van der Waals surface area contributed by atoms with Gasteiger partial charge in [0.2, 0.25) is 0 Å². The van der Waals surface area contributed by atoms with Crippen LogP contribution in [-0.4, -0.2) is 53.1 Å². The highest BCUT2D eigenvalue weighted by atomic mass is 35.5. The van der Waals surface area contributed by atoms with Gasteiger partial charge in [-0.25, -0.2) is 0 Å². The number of alkyl halides is 3. The molecule has 2 saturated heterocycles. The number of benzene rings is 1. The normalized spacial score (nSPS) is 23.5. The van der Waals surface area contributed by atoms with Crippen LogP contribution in [0.1, 0.15) is 30.9 Å². The van der Waals surface area contributed by atoms with Gasteiger partial charge in [-0.3, -0.25) is 15.6 Å². The molecule has 3 N–H and O–H groups in total. The van der Waals surface area contributed by atoms with Crippen LogP contribution in [0, 0.1) is 16.7 Å². The van der Waals surface area contributed by atoms with E-state index in [1.807, 2.05) is 0 Å². The van der Waals surface area contributed by atoms with Crippen LogP contribution in [0.5, 0.6) is 0 Å². The molecule has 2 heterocycles. The highest BCUT2D eigenvalue weighted by Crippen LogP contribution is 2.37. The lowest BCUT2D eigenvalue weighted by molar-refractivity contribution is -0.137. The van der Waals surface area contributed by atoms with Gasteiger partial charge in [0.25, 0.3) is 5.91 Å². The maximum Gasteiger partial charge on any atom is 0.417 e. The molecule has 2 fully saturated rings. The fourth-order valence-electron chi connectivity index (χ4n) is 3.76. The van der Waals surface area contributed by atoms with E-state index in [0.717, 1.165) is 25.5 Å². The minimum atomic E-state index is -4.59. The van der Waals surface area contributed by atoms with Gasteiger partial charge in [0, 0.05) is 31.6 Å². The summed E-state index contributed by atoms with van der Waals surface area (Å²) in [6.07, 6.45) is -2.84. The molecule has 0 bridgehead atoms. The molecule has 2 atom stereocenters. The van der Waals surface area contributed by atoms with E-state index >= 15 is 0 Å². The molecule has 158 valence electrons. The standard InChI is InChI=1S/C19H23ClF3N5O/c1-11-9-28(16(24)12-5-3-7-26-8-12)17(25)18(29)27(11)10-13-4-2-6-14(15(13)20)19(21,22)23/h2,4,6,11-12,24-26H,3,5,7-10H2,1H3. The summed E-state index contributed by atoms with van der Waals surface area (Å²) in [6.45, 7) is 3.40. The summed E-state index contributed by atoms with van der Waals surface area (Å²) in [5.74, 6) is -0.778. The maximum atomic E-state index is 13.1. The van der Waals surface area contributed by atoms with Gasteiger partial charge in [0.05, 0.1) is 10.6 Å². The summed E-state index contributed by atoms with van der Waals surface area (Å²) in [4.78, 5) is 15.6. The summed E-state index contributed by atoms with van der Waals surface area (Å²) < 4.78 is 39.3. The van der Waals surface area contributed by atoms with Crippen molar-refractivity contribution >= 4 is 29.2 Å². The fourth-order valence-corrected chi connectivity index (χ4v) is 4.06. The second kappa shape index (κ2) is 8.31. The largest absolute Gasteiger partial charge is 0.417 e. The number of nitrogens with one attached hydrogen (secondary N) is 3. The number of piperazine rings is 1. The SMILES string of the molecule is CC1CN(C(=N)C2CCCNC2)C(=N)C(=O)N1Cc1cccc(C(F)(F)F)c1Cl. The van der Waals surface area contributed by atoms with Crippen LogP contribution < -0.4 is 5.32 Å². The second-order valence-corrected chi connectivity index (χ2v) is 7.82. The van der Waals surface area contributed by atoms with Crippen LogP contribution >= 0.6 is 11.6 Å². The number of carbonyl (C=O) groups is 1. The second-order valence-electron chi connectivity index (χ2n) is 7.45. The zero-order chi connectivity index (χ0) is 21.3. The molecule has 2 unspecified atom stereocenters. The molecule has 2 aliphatic heterocycles. The van der Waals surface area contributed by atoms with Gasteiger partial charge in [0.15, 0.2) is 5.84 Å². The predicted molar refractivity (Wildman–Crippen MR) is 104 cm³/mol. The van der Waals surface area contributed by atoms with E-state index in [1.54, 1.807) is 6.92 Å². The van der Waals surface area contributed by atoms with Gasteiger partial charge >= 0.3 is 6.18 Å². The van der Waals surface area contributed by atoms with E-state index in [1.165, 1.54) is 21.9 Å². The Bertz CT molecular complexity index is 823. The van der Waals surface area contributed by atoms with Crippen LogP contribution in [0.3, 0.4) is 0 Å². The number of amidine groups is 2. The Labute approximate surface area is 172 Å². The molecular weight excluding hydrogens is 407 g/mol. The fraction of sp³-hybridized carbons (Fsp3) is 0.526. The van der Waals surface area contributed by atoms with Crippen molar-refractivity contribution in [2.24, 2.45) is 5.92 Å². The first-order valence-electron chi connectivity index (χ1n) is 9.42. The highest BCUT2D eigenvalue weighted by molar-refractivity contribution is 6.39. The molecule has 1 aromatic rings. The van der Waals surface area contributed by atoms with E-state index in [9.17, 15) is 18.0 Å². The van der Waals surface area contributed by atoms with Crippen molar-refractivity contribution in [2.45, 2.75) is 38.5 Å². The lowest BCUT2D eigenvalue weighted by atomic mass is 9.96. The average Bonchev–Trinajstić information content (AvgIpc) is 2.68. The van der Waals surface area contributed by atoms with Gasteiger partial charge in [-0.2, -0.15) is 13.2 Å². The number of nitrogens with zero attached hydrogens (tertiary/aromatic N) is 2. The summed E-state index contributed by atoms with van der Waals surface area (Å²) in [7, 11) is 0.